The molecule has 0 saturated carbocycles. The number of pyridine rings is 2. The molecule has 2 aromatic heterocycles. The molecule has 8 nitrogen and oxygen atoms in total. The van der Waals surface area contributed by atoms with Crippen molar-refractivity contribution in [2.24, 2.45) is 0 Å². The lowest BCUT2D eigenvalue weighted by Gasteiger charge is -2.41. The van der Waals surface area contributed by atoms with Crippen molar-refractivity contribution in [2.75, 3.05) is 44.2 Å². The molecule has 0 spiro atoms. The fourth-order valence-corrected chi connectivity index (χ4v) is 5.39. The quantitative estimate of drug-likeness (QED) is 0.455. The predicted molar refractivity (Wildman–Crippen MR) is 138 cm³/mol. The number of aliphatic hydroxyl groups is 2. The van der Waals surface area contributed by atoms with Crippen molar-refractivity contribution in [1.29, 1.82) is 0 Å². The van der Waals surface area contributed by atoms with Gasteiger partial charge >= 0.3 is 0 Å². The molecule has 3 aromatic rings. The van der Waals surface area contributed by atoms with Crippen LogP contribution in [0.4, 0.5) is 10.1 Å². The fourth-order valence-electron chi connectivity index (χ4n) is 5.39. The summed E-state index contributed by atoms with van der Waals surface area (Å²) in [6.07, 6.45) is 1.86. The summed E-state index contributed by atoms with van der Waals surface area (Å²) in [6.45, 7) is 4.54. The third-order valence-corrected chi connectivity index (χ3v) is 7.23. The van der Waals surface area contributed by atoms with E-state index < -0.39 is 12.2 Å². The molecule has 5 rings (SSSR count). The van der Waals surface area contributed by atoms with Crippen molar-refractivity contribution < 1.29 is 19.3 Å². The van der Waals surface area contributed by atoms with E-state index in [0.29, 0.717) is 19.6 Å². The number of piperazine rings is 1. The van der Waals surface area contributed by atoms with E-state index >= 15 is 0 Å². The summed E-state index contributed by atoms with van der Waals surface area (Å²) < 4.78 is 19.6. The smallest absolute Gasteiger partial charge is 0.123 e. The summed E-state index contributed by atoms with van der Waals surface area (Å²) in [5.41, 5.74) is 2.88. The highest BCUT2D eigenvalue weighted by atomic mass is 19.1. The highest BCUT2D eigenvalue weighted by molar-refractivity contribution is 5.46. The largest absolute Gasteiger partial charge is 0.394 e. The number of hydrogen-bond acceptors (Lipinski definition) is 8. The molecule has 0 amide bonds. The summed E-state index contributed by atoms with van der Waals surface area (Å²) in [7, 11) is 0. The molecular formula is C28H34FN5O3. The Morgan fingerprint density at radius 1 is 0.865 bits per heavy atom. The Kier molecular flexibility index (Phi) is 8.38. The SMILES string of the molecule is OCC1OC(CN(Cc2ccccn2)Cc2ccccn2)C(N2CCN(c3ccc(F)cc3)CC2)C1O. The summed E-state index contributed by atoms with van der Waals surface area (Å²) in [6, 6.07) is 18.1. The molecule has 4 heterocycles. The zero-order valence-electron chi connectivity index (χ0n) is 20.8. The van der Waals surface area contributed by atoms with Gasteiger partial charge in [0.2, 0.25) is 0 Å². The third kappa shape index (κ3) is 6.31. The molecule has 196 valence electrons. The number of hydrogen-bond donors (Lipinski definition) is 2. The second-order valence-corrected chi connectivity index (χ2v) is 9.69. The lowest BCUT2D eigenvalue weighted by molar-refractivity contribution is -0.0327. The van der Waals surface area contributed by atoms with Gasteiger partial charge < -0.3 is 19.8 Å². The maximum Gasteiger partial charge on any atom is 0.123 e. The van der Waals surface area contributed by atoms with Gasteiger partial charge in [-0.05, 0) is 48.5 Å². The van der Waals surface area contributed by atoms with Crippen LogP contribution in [-0.4, -0.2) is 93.7 Å². The van der Waals surface area contributed by atoms with Crippen LogP contribution in [0.2, 0.25) is 0 Å². The third-order valence-electron chi connectivity index (χ3n) is 7.23. The van der Waals surface area contributed by atoms with E-state index in [4.69, 9.17) is 4.74 Å². The van der Waals surface area contributed by atoms with E-state index in [9.17, 15) is 14.6 Å². The lowest BCUT2D eigenvalue weighted by Crippen LogP contribution is -2.57. The minimum atomic E-state index is -0.793. The van der Waals surface area contributed by atoms with Crippen LogP contribution in [0.5, 0.6) is 0 Å². The summed E-state index contributed by atoms with van der Waals surface area (Å²) in [5.74, 6) is -0.243. The summed E-state index contributed by atoms with van der Waals surface area (Å²) >= 11 is 0. The van der Waals surface area contributed by atoms with Gasteiger partial charge in [-0.3, -0.25) is 19.8 Å². The average Bonchev–Trinajstić information content (AvgIpc) is 3.25. The van der Waals surface area contributed by atoms with Gasteiger partial charge in [0.1, 0.15) is 18.0 Å². The molecular weight excluding hydrogens is 473 g/mol. The molecule has 0 bridgehead atoms. The Morgan fingerprint density at radius 3 is 2.03 bits per heavy atom. The standard InChI is InChI=1S/C28H34FN5O3/c29-21-7-9-24(10-8-21)33-13-15-34(16-14-33)27-25(37-26(20-35)28(27)36)19-32(17-22-5-1-3-11-30-22)18-23-6-2-4-12-31-23/h1-12,25-28,35-36H,13-20H2. The number of aliphatic hydroxyl groups excluding tert-OH is 2. The van der Waals surface area contributed by atoms with E-state index in [-0.39, 0.29) is 24.6 Å². The first-order chi connectivity index (χ1) is 18.1. The van der Waals surface area contributed by atoms with Gasteiger partial charge in [0, 0.05) is 63.9 Å². The minimum Gasteiger partial charge on any atom is -0.394 e. The fraction of sp³-hybridized carbons (Fsp3) is 0.429. The van der Waals surface area contributed by atoms with E-state index in [1.54, 1.807) is 24.5 Å². The Morgan fingerprint density at radius 2 is 1.49 bits per heavy atom. The molecule has 9 heteroatoms. The van der Waals surface area contributed by atoms with Gasteiger partial charge in [-0.25, -0.2) is 4.39 Å². The average molecular weight is 508 g/mol. The van der Waals surface area contributed by atoms with Gasteiger partial charge in [-0.15, -0.1) is 0 Å². The van der Waals surface area contributed by atoms with Gasteiger partial charge in [-0.2, -0.15) is 0 Å². The van der Waals surface area contributed by atoms with Gasteiger partial charge in [0.25, 0.3) is 0 Å². The highest BCUT2D eigenvalue weighted by Crippen LogP contribution is 2.29. The Balaban J connectivity index is 1.30. The number of ether oxygens (including phenoxy) is 1. The first-order valence-corrected chi connectivity index (χ1v) is 12.8. The van der Waals surface area contributed by atoms with E-state index in [0.717, 1.165) is 43.3 Å². The second-order valence-electron chi connectivity index (χ2n) is 9.69. The molecule has 4 atom stereocenters. The van der Waals surface area contributed by atoms with E-state index in [1.165, 1.54) is 12.1 Å². The van der Waals surface area contributed by atoms with Crippen LogP contribution < -0.4 is 4.90 Å². The van der Waals surface area contributed by atoms with Gasteiger partial charge in [0.05, 0.1) is 30.1 Å². The Bertz CT molecular complexity index is 1060. The van der Waals surface area contributed by atoms with Crippen LogP contribution in [0, 0.1) is 5.82 Å². The highest BCUT2D eigenvalue weighted by Gasteiger charge is 2.47. The number of aromatic nitrogens is 2. The maximum atomic E-state index is 13.4. The molecule has 2 fully saturated rings. The van der Waals surface area contributed by atoms with Crippen molar-refractivity contribution in [2.45, 2.75) is 37.4 Å². The van der Waals surface area contributed by atoms with Crippen LogP contribution in [0.15, 0.2) is 73.1 Å². The van der Waals surface area contributed by atoms with Gasteiger partial charge in [-0.1, -0.05) is 12.1 Å². The number of benzene rings is 1. The molecule has 2 aliphatic rings. The van der Waals surface area contributed by atoms with E-state index in [1.807, 2.05) is 36.4 Å². The van der Waals surface area contributed by atoms with Gasteiger partial charge in [0.15, 0.2) is 0 Å². The normalized spacial score (nSPS) is 24.6. The van der Waals surface area contributed by atoms with Crippen LogP contribution in [-0.2, 0) is 17.8 Å². The molecule has 0 radical (unpaired) electrons. The summed E-state index contributed by atoms with van der Waals surface area (Å²) in [5, 5.41) is 21.1. The summed E-state index contributed by atoms with van der Waals surface area (Å²) in [4.78, 5) is 15.7. The number of halogens is 1. The number of rotatable bonds is 9. The molecule has 37 heavy (non-hydrogen) atoms. The first kappa shape index (κ1) is 25.7. The van der Waals surface area contributed by atoms with Crippen molar-refractivity contribution in [1.82, 2.24) is 19.8 Å². The number of nitrogens with zero attached hydrogens (tertiary/aromatic N) is 5. The molecule has 0 aliphatic carbocycles. The molecule has 2 N–H and O–H groups in total. The monoisotopic (exact) mass is 507 g/mol. The van der Waals surface area contributed by atoms with Crippen molar-refractivity contribution >= 4 is 5.69 Å². The molecule has 1 aromatic carbocycles. The van der Waals surface area contributed by atoms with E-state index in [2.05, 4.69) is 24.7 Å². The van der Waals surface area contributed by atoms with Crippen LogP contribution in [0.1, 0.15) is 11.4 Å². The topological polar surface area (TPSA) is 85.2 Å². The maximum absolute atomic E-state index is 13.4. The zero-order chi connectivity index (χ0) is 25.6. The van der Waals surface area contributed by atoms with Crippen molar-refractivity contribution in [3.05, 3.63) is 90.3 Å². The second kappa shape index (κ2) is 12.1. The van der Waals surface area contributed by atoms with Crippen LogP contribution in [0.25, 0.3) is 0 Å². The minimum absolute atomic E-state index is 0.232. The zero-order valence-corrected chi connectivity index (χ0v) is 20.8. The predicted octanol–water partition coefficient (Wildman–Crippen LogP) is 1.93. The van der Waals surface area contributed by atoms with Crippen molar-refractivity contribution in [3.8, 4) is 0 Å². The van der Waals surface area contributed by atoms with Crippen LogP contribution in [0.3, 0.4) is 0 Å². The Labute approximate surface area is 216 Å². The van der Waals surface area contributed by atoms with Crippen molar-refractivity contribution in [3.63, 3.8) is 0 Å². The molecule has 2 saturated heterocycles. The lowest BCUT2D eigenvalue weighted by atomic mass is 10.0. The Hall–Kier alpha value is -2.95. The van der Waals surface area contributed by atoms with Crippen LogP contribution >= 0.6 is 0 Å². The molecule has 2 aliphatic heterocycles. The molecule has 4 unspecified atom stereocenters. The number of anilines is 1. The first-order valence-electron chi connectivity index (χ1n) is 12.8.